The molecule has 0 bridgehead atoms. The van der Waals surface area contributed by atoms with Gasteiger partial charge < -0.3 is 23.7 Å². The molecule has 224 valence electrons. The average molecular weight is 607 g/mol. The van der Waals surface area contributed by atoms with Crippen molar-refractivity contribution in [1.29, 1.82) is 0 Å². The van der Waals surface area contributed by atoms with Crippen LogP contribution in [0.1, 0.15) is 44.9 Å². The summed E-state index contributed by atoms with van der Waals surface area (Å²) in [6.45, 7) is 9.93. The number of ether oxygens (including phenoxy) is 5. The van der Waals surface area contributed by atoms with Gasteiger partial charge >= 0.3 is 17.9 Å². The fourth-order valence-electron chi connectivity index (χ4n) is 4.48. The van der Waals surface area contributed by atoms with E-state index in [1.54, 1.807) is 50.3 Å². The second-order valence-electron chi connectivity index (χ2n) is 9.21. The molecule has 2 aromatic carbocycles. The molecule has 0 aliphatic carbocycles. The highest BCUT2D eigenvalue weighted by atomic mass is 32.1. The number of carbonyl (C=O) groups is 3. The minimum absolute atomic E-state index is 0.0348. The Labute approximate surface area is 250 Å². The highest BCUT2D eigenvalue weighted by Gasteiger charge is 2.34. The molecular weight excluding hydrogens is 576 g/mol. The van der Waals surface area contributed by atoms with E-state index in [-0.39, 0.29) is 29.4 Å². The van der Waals surface area contributed by atoms with Crippen LogP contribution >= 0.6 is 11.3 Å². The predicted molar refractivity (Wildman–Crippen MR) is 158 cm³/mol. The normalized spacial score (nSPS) is 14.3. The molecule has 43 heavy (non-hydrogen) atoms. The van der Waals surface area contributed by atoms with Crippen molar-refractivity contribution in [3.05, 3.63) is 91.1 Å². The number of rotatable bonds is 10. The number of fused-ring (bicyclic) bond motifs is 1. The van der Waals surface area contributed by atoms with Gasteiger partial charge in [0.1, 0.15) is 6.61 Å². The first kappa shape index (κ1) is 31.0. The first-order chi connectivity index (χ1) is 20.6. The van der Waals surface area contributed by atoms with Crippen LogP contribution in [0.5, 0.6) is 23.0 Å². The van der Waals surface area contributed by atoms with E-state index >= 15 is 0 Å². The third kappa shape index (κ3) is 6.75. The maximum absolute atomic E-state index is 14.0. The highest BCUT2D eigenvalue weighted by Crippen LogP contribution is 2.36. The Hall–Kier alpha value is -4.97. The summed E-state index contributed by atoms with van der Waals surface area (Å²) >= 11 is 1.15. The van der Waals surface area contributed by atoms with Gasteiger partial charge in [0.2, 0.25) is 0 Å². The maximum atomic E-state index is 14.0. The molecule has 0 radical (unpaired) electrons. The van der Waals surface area contributed by atoms with Crippen LogP contribution in [-0.2, 0) is 19.1 Å². The van der Waals surface area contributed by atoms with E-state index in [1.807, 2.05) is 0 Å². The number of allylic oxidation sites excluding steroid dienone is 1. The number of carbonyl (C=O) groups excluding carboxylic acids is 3. The predicted octanol–water partition coefficient (Wildman–Crippen LogP) is 3.22. The van der Waals surface area contributed by atoms with Crippen LogP contribution in [-0.4, -0.2) is 42.8 Å². The minimum Gasteiger partial charge on any atom is -0.493 e. The van der Waals surface area contributed by atoms with Crippen LogP contribution in [0, 0.1) is 0 Å². The number of methoxy groups -OCH3 is 1. The molecule has 1 aliphatic rings. The molecule has 12 heteroatoms. The average Bonchev–Trinajstić information content (AvgIpc) is 3.26. The standard InChI is InChI=1S/C31H30N2O9S/c1-7-13-40-30(37)27-17(3)32-31-33(28(27)21-10-12-22(41-18(4)34)24(16-21)38-6)29(36)26(43-31)15-20-9-11-23(42-19(5)35)25(14-20)39-8-2/h7,9-12,14-16,28H,1,8,13H2,2-6H3/b26-15-. The van der Waals surface area contributed by atoms with Gasteiger partial charge in [-0.2, -0.15) is 0 Å². The van der Waals surface area contributed by atoms with Gasteiger partial charge in [-0.15, -0.1) is 0 Å². The van der Waals surface area contributed by atoms with Crippen molar-refractivity contribution in [3.8, 4) is 23.0 Å². The summed E-state index contributed by atoms with van der Waals surface area (Å²) in [5.41, 5.74) is 1.26. The quantitative estimate of drug-likeness (QED) is 0.194. The molecule has 0 N–H and O–H groups in total. The maximum Gasteiger partial charge on any atom is 0.338 e. The van der Waals surface area contributed by atoms with E-state index in [1.165, 1.54) is 37.7 Å². The van der Waals surface area contributed by atoms with Gasteiger partial charge in [0, 0.05) is 13.8 Å². The smallest absolute Gasteiger partial charge is 0.338 e. The number of thiazole rings is 1. The van der Waals surface area contributed by atoms with Crippen molar-refractivity contribution < 1.29 is 38.1 Å². The molecule has 0 amide bonds. The Kier molecular flexibility index (Phi) is 9.61. The Bertz CT molecular complexity index is 1820. The van der Waals surface area contributed by atoms with Gasteiger partial charge in [-0.1, -0.05) is 36.1 Å². The molecule has 1 aliphatic heterocycles. The topological polar surface area (TPSA) is 132 Å². The van der Waals surface area contributed by atoms with Gasteiger partial charge in [-0.05, 0) is 55.3 Å². The summed E-state index contributed by atoms with van der Waals surface area (Å²) in [5.74, 6) is -0.651. The summed E-state index contributed by atoms with van der Waals surface area (Å²) in [6.07, 6.45) is 3.11. The second kappa shape index (κ2) is 13.3. The van der Waals surface area contributed by atoms with Crippen LogP contribution in [0.2, 0.25) is 0 Å². The number of aromatic nitrogens is 1. The Morgan fingerprint density at radius 2 is 1.70 bits per heavy atom. The van der Waals surface area contributed by atoms with Gasteiger partial charge in [-0.25, -0.2) is 9.79 Å². The summed E-state index contributed by atoms with van der Waals surface area (Å²) in [5, 5.41) is 0. The molecule has 0 fully saturated rings. The largest absolute Gasteiger partial charge is 0.493 e. The SMILES string of the molecule is C=CCOC(=O)C1=C(C)N=c2s/c(=C\c3ccc(OC(C)=O)c(OCC)c3)c(=O)n2C1c1ccc(OC(C)=O)c(OC)c1. The number of esters is 3. The molecule has 4 rings (SSSR count). The van der Waals surface area contributed by atoms with E-state index in [2.05, 4.69) is 11.6 Å². The van der Waals surface area contributed by atoms with E-state index in [0.717, 1.165) is 11.3 Å². The first-order valence-corrected chi connectivity index (χ1v) is 14.0. The Morgan fingerprint density at radius 3 is 2.33 bits per heavy atom. The van der Waals surface area contributed by atoms with E-state index in [4.69, 9.17) is 23.7 Å². The molecule has 0 saturated heterocycles. The molecule has 1 atom stereocenters. The first-order valence-electron chi connectivity index (χ1n) is 13.2. The minimum atomic E-state index is -0.929. The van der Waals surface area contributed by atoms with Crippen molar-refractivity contribution in [2.75, 3.05) is 20.3 Å². The molecule has 3 aromatic rings. The summed E-state index contributed by atoms with van der Waals surface area (Å²) in [4.78, 5) is 55.3. The number of hydrogen-bond acceptors (Lipinski definition) is 11. The Balaban J connectivity index is 1.91. The molecule has 11 nitrogen and oxygen atoms in total. The van der Waals surface area contributed by atoms with Crippen LogP contribution in [0.25, 0.3) is 6.08 Å². The van der Waals surface area contributed by atoms with Crippen molar-refractivity contribution in [3.63, 3.8) is 0 Å². The third-order valence-electron chi connectivity index (χ3n) is 6.15. The summed E-state index contributed by atoms with van der Waals surface area (Å²) in [6, 6.07) is 8.80. The van der Waals surface area contributed by atoms with Gasteiger partial charge in [0.05, 0.1) is 35.6 Å². The summed E-state index contributed by atoms with van der Waals surface area (Å²) in [7, 11) is 1.42. The number of nitrogens with zero attached hydrogens (tertiary/aromatic N) is 2. The van der Waals surface area contributed by atoms with Gasteiger partial charge in [-0.3, -0.25) is 19.0 Å². The zero-order chi connectivity index (χ0) is 31.3. The monoisotopic (exact) mass is 606 g/mol. The molecule has 1 aromatic heterocycles. The molecule has 2 heterocycles. The molecule has 1 unspecified atom stereocenters. The highest BCUT2D eigenvalue weighted by molar-refractivity contribution is 7.07. The van der Waals surface area contributed by atoms with Crippen molar-refractivity contribution in [2.45, 2.75) is 33.7 Å². The van der Waals surface area contributed by atoms with E-state index in [0.29, 0.717) is 38.5 Å². The van der Waals surface area contributed by atoms with Gasteiger partial charge in [0.15, 0.2) is 27.8 Å². The van der Waals surface area contributed by atoms with Crippen molar-refractivity contribution in [1.82, 2.24) is 4.57 Å². The Morgan fingerprint density at radius 1 is 1.02 bits per heavy atom. The van der Waals surface area contributed by atoms with E-state index < -0.39 is 29.5 Å². The van der Waals surface area contributed by atoms with Crippen molar-refractivity contribution >= 4 is 35.3 Å². The van der Waals surface area contributed by atoms with E-state index in [9.17, 15) is 19.2 Å². The lowest BCUT2D eigenvalue weighted by atomic mass is 9.95. The zero-order valence-electron chi connectivity index (χ0n) is 24.3. The van der Waals surface area contributed by atoms with Crippen LogP contribution in [0.3, 0.4) is 0 Å². The molecule has 0 spiro atoms. The molecular formula is C31H30N2O9S. The third-order valence-corrected chi connectivity index (χ3v) is 7.13. The van der Waals surface area contributed by atoms with Crippen LogP contribution in [0.15, 0.2) is 70.1 Å². The van der Waals surface area contributed by atoms with Crippen LogP contribution < -0.4 is 33.8 Å². The van der Waals surface area contributed by atoms with Gasteiger partial charge in [0.25, 0.3) is 5.56 Å². The van der Waals surface area contributed by atoms with Crippen molar-refractivity contribution in [2.24, 2.45) is 4.99 Å². The lowest BCUT2D eigenvalue weighted by Gasteiger charge is -2.25. The molecule has 0 saturated carbocycles. The fourth-order valence-corrected chi connectivity index (χ4v) is 5.52. The fraction of sp³-hybridized carbons (Fsp3) is 0.258. The zero-order valence-corrected chi connectivity index (χ0v) is 25.1. The lowest BCUT2D eigenvalue weighted by molar-refractivity contribution is -0.138. The summed E-state index contributed by atoms with van der Waals surface area (Å²) < 4.78 is 28.7. The number of hydrogen-bond donors (Lipinski definition) is 0. The second-order valence-corrected chi connectivity index (χ2v) is 10.2. The van der Waals surface area contributed by atoms with Crippen LogP contribution in [0.4, 0.5) is 0 Å². The lowest BCUT2D eigenvalue weighted by Crippen LogP contribution is -2.40. The number of benzene rings is 2.